The molecular formula is C30H40F2. The zero-order chi connectivity index (χ0) is 22.5. The highest BCUT2D eigenvalue weighted by Gasteiger charge is 2.36. The van der Waals surface area contributed by atoms with Crippen molar-refractivity contribution < 1.29 is 8.78 Å². The van der Waals surface area contributed by atoms with E-state index in [4.69, 9.17) is 0 Å². The highest BCUT2D eigenvalue weighted by atomic mass is 19.1. The van der Waals surface area contributed by atoms with Crippen molar-refractivity contribution in [3.05, 3.63) is 59.2 Å². The Hall–Kier alpha value is -1.70. The first-order valence-corrected chi connectivity index (χ1v) is 13.1. The largest absolute Gasteiger partial charge is 0.207 e. The van der Waals surface area contributed by atoms with Crippen molar-refractivity contribution in [2.75, 3.05) is 0 Å². The Labute approximate surface area is 193 Å². The molecule has 0 heterocycles. The summed E-state index contributed by atoms with van der Waals surface area (Å²) in [6, 6.07) is 7.29. The summed E-state index contributed by atoms with van der Waals surface area (Å²) in [5, 5.41) is 1.28. The van der Waals surface area contributed by atoms with Crippen LogP contribution in [0.4, 0.5) is 8.78 Å². The second-order valence-electron chi connectivity index (χ2n) is 10.4. The molecule has 2 aromatic carbocycles. The van der Waals surface area contributed by atoms with Crippen LogP contribution < -0.4 is 0 Å². The van der Waals surface area contributed by atoms with Crippen molar-refractivity contribution in [1.82, 2.24) is 0 Å². The maximum Gasteiger partial charge on any atom is 0.134 e. The molecule has 0 N–H and O–H groups in total. The molecule has 0 amide bonds. The van der Waals surface area contributed by atoms with Gasteiger partial charge in [0.25, 0.3) is 0 Å². The molecule has 4 rings (SSSR count). The minimum atomic E-state index is -0.248. The molecule has 2 saturated carbocycles. The third kappa shape index (κ3) is 5.26. The normalized spacial score (nSPS) is 26.0. The van der Waals surface area contributed by atoms with Gasteiger partial charge >= 0.3 is 0 Å². The topological polar surface area (TPSA) is 0 Å². The second-order valence-corrected chi connectivity index (χ2v) is 10.4. The quantitative estimate of drug-likeness (QED) is 0.284. The van der Waals surface area contributed by atoms with E-state index < -0.39 is 0 Å². The Morgan fingerprint density at radius 1 is 0.969 bits per heavy atom. The number of rotatable bonds is 8. The predicted octanol–water partition coefficient (Wildman–Crippen LogP) is 9.51. The molecule has 0 aliphatic heterocycles. The summed E-state index contributed by atoms with van der Waals surface area (Å²) in [6.45, 7) is 4.25. The highest BCUT2D eigenvalue weighted by molar-refractivity contribution is 5.85. The average Bonchev–Trinajstić information content (AvgIpc) is 2.80. The van der Waals surface area contributed by atoms with E-state index in [1.165, 1.54) is 57.4 Å². The summed E-state index contributed by atoms with van der Waals surface area (Å²) < 4.78 is 30.2. The summed E-state index contributed by atoms with van der Waals surface area (Å²) in [4.78, 5) is 0. The molecule has 0 radical (unpaired) electrons. The summed E-state index contributed by atoms with van der Waals surface area (Å²) in [7, 11) is 0. The first-order valence-electron chi connectivity index (χ1n) is 13.1. The Morgan fingerprint density at radius 3 is 2.59 bits per heavy atom. The summed E-state index contributed by atoms with van der Waals surface area (Å²) in [5.74, 6) is 2.34. The lowest BCUT2D eigenvalue weighted by Gasteiger charge is -2.42. The number of unbranched alkanes of at least 4 members (excludes halogenated alkanes) is 2. The molecular weight excluding hydrogens is 398 g/mol. The first-order chi connectivity index (χ1) is 15.6. The molecule has 32 heavy (non-hydrogen) atoms. The SMILES string of the molecule is C/C=C/CCc1ccc2cc([C@@H]3CC[C@@H]4CC(CCCCC)CCC4C3)c(F)cc2c1F. The van der Waals surface area contributed by atoms with Gasteiger partial charge < -0.3 is 0 Å². The van der Waals surface area contributed by atoms with Crippen LogP contribution in [0.25, 0.3) is 10.8 Å². The van der Waals surface area contributed by atoms with Crippen LogP contribution >= 0.6 is 0 Å². The van der Waals surface area contributed by atoms with E-state index in [0.717, 1.165) is 48.0 Å². The van der Waals surface area contributed by atoms with E-state index in [9.17, 15) is 0 Å². The van der Waals surface area contributed by atoms with Gasteiger partial charge in [-0.25, -0.2) is 8.78 Å². The molecule has 0 nitrogen and oxygen atoms in total. The van der Waals surface area contributed by atoms with Crippen LogP contribution in [0.15, 0.2) is 36.4 Å². The van der Waals surface area contributed by atoms with Gasteiger partial charge in [0.15, 0.2) is 0 Å². The number of aryl methyl sites for hydroxylation is 1. The van der Waals surface area contributed by atoms with E-state index in [0.29, 0.717) is 17.4 Å². The van der Waals surface area contributed by atoms with Crippen molar-refractivity contribution in [3.63, 3.8) is 0 Å². The maximum absolute atomic E-state index is 15.2. The fraction of sp³-hybridized carbons (Fsp3) is 0.600. The molecule has 2 aliphatic carbocycles. The van der Waals surface area contributed by atoms with E-state index in [2.05, 4.69) is 6.92 Å². The third-order valence-corrected chi connectivity index (χ3v) is 8.34. The van der Waals surface area contributed by atoms with Crippen LogP contribution in [0.3, 0.4) is 0 Å². The molecule has 0 aromatic heterocycles. The van der Waals surface area contributed by atoms with Gasteiger partial charge in [-0.05, 0) is 104 Å². The lowest BCUT2D eigenvalue weighted by atomic mass is 9.63. The Kier molecular flexibility index (Phi) is 8.02. The van der Waals surface area contributed by atoms with Gasteiger partial charge in [0.1, 0.15) is 11.6 Å². The van der Waals surface area contributed by atoms with Gasteiger partial charge in [-0.1, -0.05) is 63.3 Å². The van der Waals surface area contributed by atoms with Crippen LogP contribution in [0.5, 0.6) is 0 Å². The second kappa shape index (κ2) is 10.9. The number of hydrogen-bond donors (Lipinski definition) is 0. The maximum atomic E-state index is 15.2. The first kappa shape index (κ1) is 23.5. The zero-order valence-electron chi connectivity index (χ0n) is 20.0. The lowest BCUT2D eigenvalue weighted by molar-refractivity contribution is 0.112. The standard InChI is InChI=1S/C30H40F2/c1-3-5-7-9-21-11-12-24-18-25(16-14-23(24)17-21)27-19-26-15-13-22(10-8-6-4-2)30(32)28(26)20-29(27)31/h4,6,13,15,19-21,23-25H,3,5,7-12,14,16-18H2,1-2H3/b6-4+/t21?,23-,24?,25-/m1/s1. The van der Waals surface area contributed by atoms with Crippen molar-refractivity contribution >= 4 is 10.8 Å². The Balaban J connectivity index is 1.45. The smallest absolute Gasteiger partial charge is 0.134 e. The molecule has 2 heteroatoms. The summed E-state index contributed by atoms with van der Waals surface area (Å²) in [5.41, 5.74) is 1.50. The summed E-state index contributed by atoms with van der Waals surface area (Å²) in [6.07, 6.45) is 18.4. The number of allylic oxidation sites excluding steroid dienone is 2. The molecule has 2 fully saturated rings. The van der Waals surface area contributed by atoms with Crippen molar-refractivity contribution in [2.24, 2.45) is 17.8 Å². The molecule has 2 unspecified atom stereocenters. The molecule has 174 valence electrons. The fourth-order valence-electron chi connectivity index (χ4n) is 6.50. The van der Waals surface area contributed by atoms with E-state index in [1.54, 1.807) is 0 Å². The predicted molar refractivity (Wildman–Crippen MR) is 132 cm³/mol. The minimum absolute atomic E-state index is 0.210. The van der Waals surface area contributed by atoms with Crippen LogP contribution in [-0.2, 0) is 6.42 Å². The van der Waals surface area contributed by atoms with E-state index in [1.807, 2.05) is 37.3 Å². The Bertz CT molecular complexity index is 928. The zero-order valence-corrected chi connectivity index (χ0v) is 20.0. The number of benzene rings is 2. The third-order valence-electron chi connectivity index (χ3n) is 8.34. The van der Waals surface area contributed by atoms with E-state index in [-0.39, 0.29) is 17.6 Å². The lowest BCUT2D eigenvalue weighted by Crippen LogP contribution is -2.30. The molecule has 0 bridgehead atoms. The molecule has 0 saturated heterocycles. The van der Waals surface area contributed by atoms with Gasteiger partial charge in [0.2, 0.25) is 0 Å². The van der Waals surface area contributed by atoms with Crippen LogP contribution in [-0.4, -0.2) is 0 Å². The van der Waals surface area contributed by atoms with Gasteiger partial charge in [-0.15, -0.1) is 0 Å². The number of halogens is 2. The van der Waals surface area contributed by atoms with Gasteiger partial charge in [0.05, 0.1) is 0 Å². The highest BCUT2D eigenvalue weighted by Crippen LogP contribution is 2.49. The van der Waals surface area contributed by atoms with Crippen molar-refractivity contribution in [2.45, 2.75) is 96.8 Å². The summed E-state index contributed by atoms with van der Waals surface area (Å²) >= 11 is 0. The average molecular weight is 439 g/mol. The van der Waals surface area contributed by atoms with Crippen molar-refractivity contribution in [3.8, 4) is 0 Å². The molecule has 0 spiro atoms. The Morgan fingerprint density at radius 2 is 1.78 bits per heavy atom. The van der Waals surface area contributed by atoms with Crippen LogP contribution in [0, 0.1) is 29.4 Å². The molecule has 2 aromatic rings. The van der Waals surface area contributed by atoms with Gasteiger partial charge in [-0.3, -0.25) is 0 Å². The van der Waals surface area contributed by atoms with E-state index >= 15 is 8.78 Å². The monoisotopic (exact) mass is 438 g/mol. The van der Waals surface area contributed by atoms with Crippen LogP contribution in [0.1, 0.15) is 102 Å². The molecule has 4 atom stereocenters. The number of fused-ring (bicyclic) bond motifs is 2. The minimum Gasteiger partial charge on any atom is -0.207 e. The molecule has 2 aliphatic rings. The number of hydrogen-bond acceptors (Lipinski definition) is 0. The van der Waals surface area contributed by atoms with Gasteiger partial charge in [-0.2, -0.15) is 0 Å². The van der Waals surface area contributed by atoms with Gasteiger partial charge in [0, 0.05) is 5.39 Å². The van der Waals surface area contributed by atoms with Crippen molar-refractivity contribution in [1.29, 1.82) is 0 Å². The van der Waals surface area contributed by atoms with Crippen LogP contribution in [0.2, 0.25) is 0 Å². The fourth-order valence-corrected chi connectivity index (χ4v) is 6.50.